The maximum atomic E-state index is 15.1. The first-order valence-electron chi connectivity index (χ1n) is 14.2. The summed E-state index contributed by atoms with van der Waals surface area (Å²) in [5.74, 6) is -0.291. The molecule has 43 heavy (non-hydrogen) atoms. The van der Waals surface area contributed by atoms with Crippen molar-refractivity contribution in [2.45, 2.75) is 25.3 Å². The molecule has 5 rings (SSSR count). The number of benzene rings is 2. The van der Waals surface area contributed by atoms with Crippen LogP contribution < -0.4 is 26.0 Å². The van der Waals surface area contributed by atoms with E-state index in [0.29, 0.717) is 36.2 Å². The summed E-state index contributed by atoms with van der Waals surface area (Å²) < 4.78 is 33.7. The van der Waals surface area contributed by atoms with Gasteiger partial charge in [-0.2, -0.15) is 0 Å². The van der Waals surface area contributed by atoms with Crippen molar-refractivity contribution < 1.29 is 28.2 Å². The van der Waals surface area contributed by atoms with Crippen molar-refractivity contribution in [2.24, 2.45) is 5.92 Å². The zero-order chi connectivity index (χ0) is 30.2. The zero-order valence-electron chi connectivity index (χ0n) is 23.8. The Morgan fingerprint density at radius 3 is 2.67 bits per heavy atom. The van der Waals surface area contributed by atoms with E-state index in [9.17, 15) is 9.59 Å². The molecule has 1 atom stereocenters. The number of halogens is 2. The van der Waals surface area contributed by atoms with Gasteiger partial charge in [0.1, 0.15) is 5.76 Å². The number of piperidine rings is 1. The normalized spacial score (nSPS) is 18.1. The van der Waals surface area contributed by atoms with Crippen LogP contribution in [0.15, 0.2) is 94.2 Å². The first-order chi connectivity index (χ1) is 20.9. The summed E-state index contributed by atoms with van der Waals surface area (Å²) in [7, 11) is 1.58. The van der Waals surface area contributed by atoms with Crippen molar-refractivity contribution in [3.63, 3.8) is 0 Å². The van der Waals surface area contributed by atoms with E-state index < -0.39 is 17.6 Å². The quantitative estimate of drug-likeness (QED) is 0.281. The Labute approximate surface area is 258 Å². The van der Waals surface area contributed by atoms with E-state index in [0.717, 1.165) is 47.6 Å². The van der Waals surface area contributed by atoms with E-state index in [4.69, 9.17) is 14.2 Å². The highest BCUT2D eigenvalue weighted by molar-refractivity contribution is 9.10. The molecule has 2 aromatic rings. The molecule has 3 aliphatic rings. The number of fused-ring (bicyclic) bond motifs is 1. The van der Waals surface area contributed by atoms with E-state index in [1.165, 1.54) is 12.1 Å². The van der Waals surface area contributed by atoms with Crippen LogP contribution in [0.2, 0.25) is 0 Å². The molecule has 2 aromatic carbocycles. The van der Waals surface area contributed by atoms with Crippen LogP contribution in [0.3, 0.4) is 0 Å². The molecule has 2 amide bonds. The minimum absolute atomic E-state index is 0.0343. The third-order valence-electron chi connectivity index (χ3n) is 7.38. The Balaban J connectivity index is 1.19. The molecular formula is C32H34BrFN4O5. The fraction of sp³-hybridized carbons (Fsp3) is 0.312. The Hall–Kier alpha value is -4.09. The fourth-order valence-electron chi connectivity index (χ4n) is 5.00. The first-order valence-corrected chi connectivity index (χ1v) is 15.0. The number of dihydropyridines is 1. The maximum absolute atomic E-state index is 15.1. The summed E-state index contributed by atoms with van der Waals surface area (Å²) in [6.07, 6.45) is 9.89. The van der Waals surface area contributed by atoms with Gasteiger partial charge in [0.15, 0.2) is 23.1 Å². The minimum atomic E-state index is -0.890. The van der Waals surface area contributed by atoms with Crippen molar-refractivity contribution in [1.29, 1.82) is 0 Å². The van der Waals surface area contributed by atoms with Gasteiger partial charge >= 0.3 is 11.8 Å². The number of rotatable bonds is 10. The SMILES string of the molecule is COC1=CC2=C(Oc3ccc(NC(=O)C(=O)NCCc4ccccc4Br)cc3F)C=CNC2C=C1OCC1CCNCC1. The van der Waals surface area contributed by atoms with Crippen molar-refractivity contribution in [1.82, 2.24) is 16.0 Å². The molecule has 0 radical (unpaired) electrons. The largest absolute Gasteiger partial charge is 0.493 e. The summed E-state index contributed by atoms with van der Waals surface area (Å²) in [6.45, 7) is 2.88. The second kappa shape index (κ2) is 14.4. The molecule has 0 aromatic heterocycles. The fourth-order valence-corrected chi connectivity index (χ4v) is 5.48. The Morgan fingerprint density at radius 1 is 1.09 bits per heavy atom. The van der Waals surface area contributed by atoms with Crippen LogP contribution >= 0.6 is 15.9 Å². The average molecular weight is 654 g/mol. The van der Waals surface area contributed by atoms with Gasteiger partial charge in [-0.15, -0.1) is 0 Å². The summed E-state index contributed by atoms with van der Waals surface area (Å²) in [6, 6.07) is 11.4. The summed E-state index contributed by atoms with van der Waals surface area (Å²) in [4.78, 5) is 24.6. The highest BCUT2D eigenvalue weighted by atomic mass is 79.9. The highest BCUT2D eigenvalue weighted by Crippen LogP contribution is 2.32. The lowest BCUT2D eigenvalue weighted by Gasteiger charge is -2.29. The van der Waals surface area contributed by atoms with E-state index in [1.54, 1.807) is 19.4 Å². The smallest absolute Gasteiger partial charge is 0.313 e. The number of methoxy groups -OCH3 is 1. The monoisotopic (exact) mass is 652 g/mol. The number of amides is 2. The number of hydrogen-bond acceptors (Lipinski definition) is 7. The number of allylic oxidation sites excluding steroid dienone is 1. The molecular weight excluding hydrogens is 619 g/mol. The number of anilines is 1. The minimum Gasteiger partial charge on any atom is -0.493 e. The van der Waals surface area contributed by atoms with E-state index >= 15 is 4.39 Å². The predicted octanol–water partition coefficient (Wildman–Crippen LogP) is 4.45. The number of ether oxygens (including phenoxy) is 3. The van der Waals surface area contributed by atoms with E-state index in [-0.39, 0.29) is 24.0 Å². The van der Waals surface area contributed by atoms with Crippen LogP contribution in [-0.4, -0.2) is 51.2 Å². The van der Waals surface area contributed by atoms with Gasteiger partial charge in [0.05, 0.1) is 19.8 Å². The lowest BCUT2D eigenvalue weighted by atomic mass is 9.96. The lowest BCUT2D eigenvalue weighted by Crippen LogP contribution is -2.36. The molecule has 4 N–H and O–H groups in total. The van der Waals surface area contributed by atoms with Crippen LogP contribution in [0, 0.1) is 11.7 Å². The molecule has 9 nitrogen and oxygen atoms in total. The lowest BCUT2D eigenvalue weighted by molar-refractivity contribution is -0.136. The molecule has 0 saturated carbocycles. The molecule has 0 spiro atoms. The van der Waals surface area contributed by atoms with Gasteiger partial charge in [-0.05, 0) is 80.3 Å². The summed E-state index contributed by atoms with van der Waals surface area (Å²) >= 11 is 3.46. The second-order valence-corrected chi connectivity index (χ2v) is 11.2. The molecule has 2 heterocycles. The van der Waals surface area contributed by atoms with Gasteiger partial charge in [0, 0.05) is 34.5 Å². The molecule has 226 valence electrons. The Morgan fingerprint density at radius 2 is 1.91 bits per heavy atom. The highest BCUT2D eigenvalue weighted by Gasteiger charge is 2.27. The number of nitrogens with one attached hydrogen (secondary N) is 4. The third kappa shape index (κ3) is 7.85. The number of carbonyl (C=O) groups is 2. The van der Waals surface area contributed by atoms with Gasteiger partial charge in [-0.25, -0.2) is 4.39 Å². The maximum Gasteiger partial charge on any atom is 0.313 e. The van der Waals surface area contributed by atoms with Crippen LogP contribution in [0.25, 0.3) is 0 Å². The van der Waals surface area contributed by atoms with Crippen molar-refractivity contribution in [3.05, 3.63) is 106 Å². The average Bonchev–Trinajstić information content (AvgIpc) is 3.02. The number of hydrogen-bond donors (Lipinski definition) is 4. The van der Waals surface area contributed by atoms with Crippen LogP contribution in [0.1, 0.15) is 18.4 Å². The molecule has 2 aliphatic heterocycles. The van der Waals surface area contributed by atoms with Crippen molar-refractivity contribution >= 4 is 33.4 Å². The van der Waals surface area contributed by atoms with E-state index in [2.05, 4.69) is 37.2 Å². The summed E-state index contributed by atoms with van der Waals surface area (Å²) in [5, 5.41) is 11.6. The van der Waals surface area contributed by atoms with Gasteiger partial charge in [-0.3, -0.25) is 9.59 Å². The van der Waals surface area contributed by atoms with Crippen LogP contribution in [0.4, 0.5) is 10.1 Å². The van der Waals surface area contributed by atoms with Crippen molar-refractivity contribution in [3.8, 4) is 5.75 Å². The topological polar surface area (TPSA) is 110 Å². The molecule has 1 unspecified atom stereocenters. The number of carbonyl (C=O) groups excluding carboxylic acids is 2. The van der Waals surface area contributed by atoms with E-state index in [1.807, 2.05) is 36.4 Å². The first kappa shape index (κ1) is 30.4. The van der Waals surface area contributed by atoms with Gasteiger partial charge in [0.25, 0.3) is 0 Å². The zero-order valence-corrected chi connectivity index (χ0v) is 25.3. The molecule has 1 saturated heterocycles. The van der Waals surface area contributed by atoms with Crippen molar-refractivity contribution in [2.75, 3.05) is 38.7 Å². The Bertz CT molecular complexity index is 1480. The third-order valence-corrected chi connectivity index (χ3v) is 8.16. The molecule has 1 fully saturated rings. The van der Waals surface area contributed by atoms with Gasteiger partial charge in [-0.1, -0.05) is 34.1 Å². The summed E-state index contributed by atoms with van der Waals surface area (Å²) in [5.41, 5.74) is 1.89. The van der Waals surface area contributed by atoms with Crippen LogP contribution in [0.5, 0.6) is 5.75 Å². The standard InChI is InChI=1S/C32H34BrFN4O5/c1-41-29-17-23-26(18-30(29)42-19-20-8-12-35-13-9-20)36-15-11-27(23)43-28-7-6-22(16-25(28)34)38-32(40)31(39)37-14-10-21-4-2-3-5-24(21)33/h2-7,11,15-18,20,26,35-36H,8-10,12-14,19H2,1H3,(H,37,39)(H,38,40). The Kier molecular flexibility index (Phi) is 10.2. The molecule has 0 bridgehead atoms. The second-order valence-electron chi connectivity index (χ2n) is 10.3. The van der Waals surface area contributed by atoms with Crippen LogP contribution in [-0.2, 0) is 25.5 Å². The van der Waals surface area contributed by atoms with Gasteiger partial charge in [0.2, 0.25) is 0 Å². The predicted molar refractivity (Wildman–Crippen MR) is 164 cm³/mol. The molecule has 11 heteroatoms. The molecule has 1 aliphatic carbocycles. The van der Waals surface area contributed by atoms with Gasteiger partial charge < -0.3 is 35.5 Å².